The number of carbonyl (C=O) groups excluding carboxylic acids is 1. The minimum atomic E-state index is -0.0415. The number of hydrogen-bond donors (Lipinski definition) is 1. The molecule has 4 heteroatoms. The van der Waals surface area contributed by atoms with E-state index in [1.165, 1.54) is 11.1 Å². The van der Waals surface area contributed by atoms with Crippen molar-refractivity contribution in [1.29, 1.82) is 0 Å². The van der Waals surface area contributed by atoms with Crippen LogP contribution in [0, 0.1) is 6.92 Å². The maximum Gasteiger partial charge on any atom is 0.258 e. The van der Waals surface area contributed by atoms with Crippen LogP contribution in [0.15, 0.2) is 54.6 Å². The van der Waals surface area contributed by atoms with Crippen LogP contribution in [-0.2, 0) is 4.79 Å². The summed E-state index contributed by atoms with van der Waals surface area (Å²) in [5.74, 6) is 0.692. The number of aryl methyl sites for hydroxylation is 1. The number of hydrogen-bond acceptors (Lipinski definition) is 3. The number of nitrogens with one attached hydrogen (secondary N) is 1. The molecule has 26 heavy (non-hydrogen) atoms. The van der Waals surface area contributed by atoms with E-state index < -0.39 is 0 Å². The molecule has 0 aliphatic carbocycles. The summed E-state index contributed by atoms with van der Waals surface area (Å²) >= 11 is 0. The number of carbonyl (C=O) groups is 1. The molecule has 1 fully saturated rings. The Balaban J connectivity index is 1.40. The van der Waals surface area contributed by atoms with E-state index >= 15 is 0 Å². The molecule has 2 aromatic rings. The third-order valence-corrected chi connectivity index (χ3v) is 5.12. The van der Waals surface area contributed by atoms with Gasteiger partial charge < -0.3 is 10.1 Å². The lowest BCUT2D eigenvalue weighted by atomic mass is 10.00. The van der Waals surface area contributed by atoms with E-state index in [4.69, 9.17) is 4.74 Å². The first-order valence-electron chi connectivity index (χ1n) is 9.39. The molecule has 1 aliphatic rings. The number of ether oxygens (including phenoxy) is 1. The second kappa shape index (κ2) is 8.86. The predicted octanol–water partition coefficient (Wildman–Crippen LogP) is 3.72. The van der Waals surface area contributed by atoms with Crippen molar-refractivity contribution in [3.63, 3.8) is 0 Å². The average Bonchev–Trinajstić information content (AvgIpc) is 2.68. The molecule has 0 saturated carbocycles. The summed E-state index contributed by atoms with van der Waals surface area (Å²) in [6, 6.07) is 19.0. The van der Waals surface area contributed by atoms with E-state index in [-0.39, 0.29) is 18.6 Å². The third kappa shape index (κ3) is 5.09. The zero-order chi connectivity index (χ0) is 18.4. The van der Waals surface area contributed by atoms with Crippen molar-refractivity contribution >= 4 is 5.91 Å². The molecule has 1 aliphatic heterocycles. The highest BCUT2D eigenvalue weighted by Gasteiger charge is 2.24. The molecule has 0 bridgehead atoms. The minimum absolute atomic E-state index is 0.0415. The Kier molecular flexibility index (Phi) is 6.29. The van der Waals surface area contributed by atoms with Crippen molar-refractivity contribution in [3.8, 4) is 5.75 Å². The molecule has 0 radical (unpaired) electrons. The van der Waals surface area contributed by atoms with E-state index in [2.05, 4.69) is 47.5 Å². The van der Waals surface area contributed by atoms with Gasteiger partial charge in [-0.1, -0.05) is 48.0 Å². The van der Waals surface area contributed by atoms with Crippen molar-refractivity contribution < 1.29 is 9.53 Å². The van der Waals surface area contributed by atoms with Crippen molar-refractivity contribution in [1.82, 2.24) is 10.2 Å². The average molecular weight is 352 g/mol. The van der Waals surface area contributed by atoms with Gasteiger partial charge in [-0.2, -0.15) is 0 Å². The Morgan fingerprint density at radius 2 is 1.77 bits per heavy atom. The number of benzene rings is 2. The zero-order valence-corrected chi connectivity index (χ0v) is 15.7. The Morgan fingerprint density at radius 1 is 1.12 bits per heavy atom. The molecule has 138 valence electrons. The van der Waals surface area contributed by atoms with E-state index in [1.54, 1.807) is 0 Å². The van der Waals surface area contributed by atoms with Gasteiger partial charge in [-0.25, -0.2) is 0 Å². The van der Waals surface area contributed by atoms with E-state index in [1.807, 2.05) is 31.2 Å². The van der Waals surface area contributed by atoms with Gasteiger partial charge in [-0.3, -0.25) is 9.69 Å². The fourth-order valence-corrected chi connectivity index (χ4v) is 3.43. The van der Waals surface area contributed by atoms with E-state index in [0.29, 0.717) is 6.04 Å². The third-order valence-electron chi connectivity index (χ3n) is 5.12. The van der Waals surface area contributed by atoms with Crippen molar-refractivity contribution in [2.24, 2.45) is 0 Å². The number of nitrogens with zero attached hydrogens (tertiary/aromatic N) is 1. The van der Waals surface area contributed by atoms with Gasteiger partial charge in [0.2, 0.25) is 0 Å². The van der Waals surface area contributed by atoms with Crippen LogP contribution >= 0.6 is 0 Å². The lowest BCUT2D eigenvalue weighted by Gasteiger charge is -2.36. The van der Waals surface area contributed by atoms with Gasteiger partial charge in [0.15, 0.2) is 6.61 Å². The summed E-state index contributed by atoms with van der Waals surface area (Å²) < 4.78 is 5.56. The fourth-order valence-electron chi connectivity index (χ4n) is 3.43. The highest BCUT2D eigenvalue weighted by atomic mass is 16.5. The quantitative estimate of drug-likeness (QED) is 0.862. The van der Waals surface area contributed by atoms with Gasteiger partial charge in [0, 0.05) is 25.2 Å². The highest BCUT2D eigenvalue weighted by Crippen LogP contribution is 2.24. The SMILES string of the molecule is Cc1ccc(OCC(=O)NC2CCN(C(C)c3ccccc3)CC2)cc1. The van der Waals surface area contributed by atoms with Gasteiger partial charge in [-0.15, -0.1) is 0 Å². The van der Waals surface area contributed by atoms with Crippen LogP contribution in [0.4, 0.5) is 0 Å². The van der Waals surface area contributed by atoms with Crippen LogP contribution in [0.5, 0.6) is 5.75 Å². The molecular formula is C22H28N2O2. The second-order valence-electron chi connectivity index (χ2n) is 7.07. The van der Waals surface area contributed by atoms with Crippen LogP contribution in [0.1, 0.15) is 36.9 Å². The van der Waals surface area contributed by atoms with Gasteiger partial charge >= 0.3 is 0 Å². The first-order chi connectivity index (χ1) is 12.6. The van der Waals surface area contributed by atoms with E-state index in [0.717, 1.165) is 31.7 Å². The first kappa shape index (κ1) is 18.5. The highest BCUT2D eigenvalue weighted by molar-refractivity contribution is 5.77. The Labute approximate surface area is 156 Å². The number of rotatable bonds is 6. The molecule has 1 saturated heterocycles. The fraction of sp³-hybridized carbons (Fsp3) is 0.409. The van der Waals surface area contributed by atoms with Crippen LogP contribution in [0.2, 0.25) is 0 Å². The Morgan fingerprint density at radius 3 is 2.42 bits per heavy atom. The maximum atomic E-state index is 12.1. The molecular weight excluding hydrogens is 324 g/mol. The van der Waals surface area contributed by atoms with Crippen molar-refractivity contribution in [2.75, 3.05) is 19.7 Å². The number of likely N-dealkylation sites (tertiary alicyclic amines) is 1. The standard InChI is InChI=1S/C22H28N2O2/c1-17-8-10-21(11-9-17)26-16-22(25)23-20-12-14-24(15-13-20)18(2)19-6-4-3-5-7-19/h3-11,18,20H,12-16H2,1-2H3,(H,23,25). The summed E-state index contributed by atoms with van der Waals surface area (Å²) in [4.78, 5) is 14.6. The maximum absolute atomic E-state index is 12.1. The largest absolute Gasteiger partial charge is 0.484 e. The summed E-state index contributed by atoms with van der Waals surface area (Å²) in [6.45, 7) is 6.36. The number of piperidine rings is 1. The molecule has 3 rings (SSSR count). The van der Waals surface area contributed by atoms with Crippen molar-refractivity contribution in [3.05, 3.63) is 65.7 Å². The van der Waals surface area contributed by atoms with Crippen LogP contribution in [0.25, 0.3) is 0 Å². The molecule has 0 aromatic heterocycles. The monoisotopic (exact) mass is 352 g/mol. The number of amides is 1. The van der Waals surface area contributed by atoms with Gasteiger partial charge in [-0.05, 0) is 44.4 Å². The van der Waals surface area contributed by atoms with Gasteiger partial charge in [0.25, 0.3) is 5.91 Å². The van der Waals surface area contributed by atoms with Crippen LogP contribution in [0.3, 0.4) is 0 Å². The summed E-state index contributed by atoms with van der Waals surface area (Å²) in [6.07, 6.45) is 1.96. The molecule has 1 amide bonds. The van der Waals surface area contributed by atoms with Crippen LogP contribution in [-0.4, -0.2) is 36.5 Å². The van der Waals surface area contributed by atoms with Crippen LogP contribution < -0.4 is 10.1 Å². The smallest absolute Gasteiger partial charge is 0.258 e. The van der Waals surface area contributed by atoms with Crippen molar-refractivity contribution in [2.45, 2.75) is 38.8 Å². The predicted molar refractivity (Wildman–Crippen MR) is 104 cm³/mol. The molecule has 1 N–H and O–H groups in total. The lowest BCUT2D eigenvalue weighted by molar-refractivity contribution is -0.124. The van der Waals surface area contributed by atoms with Gasteiger partial charge in [0.1, 0.15) is 5.75 Å². The summed E-state index contributed by atoms with van der Waals surface area (Å²) in [5.41, 5.74) is 2.53. The topological polar surface area (TPSA) is 41.6 Å². The normalized spacial score (nSPS) is 16.8. The first-order valence-corrected chi connectivity index (χ1v) is 9.39. The second-order valence-corrected chi connectivity index (χ2v) is 7.07. The summed E-state index contributed by atoms with van der Waals surface area (Å²) in [5, 5.41) is 3.11. The molecule has 0 spiro atoms. The Bertz CT molecular complexity index is 692. The molecule has 1 heterocycles. The molecule has 1 unspecified atom stereocenters. The van der Waals surface area contributed by atoms with Gasteiger partial charge in [0.05, 0.1) is 0 Å². The van der Waals surface area contributed by atoms with E-state index in [9.17, 15) is 4.79 Å². The molecule has 1 atom stereocenters. The Hall–Kier alpha value is -2.33. The minimum Gasteiger partial charge on any atom is -0.484 e. The zero-order valence-electron chi connectivity index (χ0n) is 15.7. The molecule has 2 aromatic carbocycles. The lowest BCUT2D eigenvalue weighted by Crippen LogP contribution is -2.46. The summed E-state index contributed by atoms with van der Waals surface area (Å²) in [7, 11) is 0. The molecule has 4 nitrogen and oxygen atoms in total.